The summed E-state index contributed by atoms with van der Waals surface area (Å²) in [4.78, 5) is 14.5. The number of hydrogen-bond acceptors (Lipinski definition) is 4. The van der Waals surface area contributed by atoms with Crippen LogP contribution in [-0.4, -0.2) is 40.0 Å². The molecule has 0 saturated carbocycles. The first-order valence-electron chi connectivity index (χ1n) is 8.38. The van der Waals surface area contributed by atoms with Gasteiger partial charge in [-0.05, 0) is 32.0 Å². The summed E-state index contributed by atoms with van der Waals surface area (Å²) in [5, 5.41) is 8.26. The monoisotopic (exact) mass is 350 g/mol. The van der Waals surface area contributed by atoms with Gasteiger partial charge in [-0.1, -0.05) is 41.1 Å². The van der Waals surface area contributed by atoms with Crippen molar-refractivity contribution in [2.45, 2.75) is 20.4 Å². The summed E-state index contributed by atoms with van der Waals surface area (Å²) in [6, 6.07) is 15.6. The first-order chi connectivity index (χ1) is 12.5. The van der Waals surface area contributed by atoms with Gasteiger partial charge in [-0.15, -0.1) is 5.10 Å². The third kappa shape index (κ3) is 3.44. The molecule has 3 rings (SSSR count). The lowest BCUT2D eigenvalue weighted by Gasteiger charge is -2.18. The Morgan fingerprint density at radius 2 is 1.81 bits per heavy atom. The van der Waals surface area contributed by atoms with Gasteiger partial charge in [0.05, 0.1) is 18.5 Å². The van der Waals surface area contributed by atoms with Crippen LogP contribution in [0.4, 0.5) is 0 Å². The van der Waals surface area contributed by atoms with E-state index in [4.69, 9.17) is 4.74 Å². The SMILES string of the molecule is COc1ccccc1CN(C)C(=O)c1nnn(-c2ccc(C)cc2)c1C. The molecule has 1 amide bonds. The summed E-state index contributed by atoms with van der Waals surface area (Å²) in [7, 11) is 3.37. The number of benzene rings is 2. The largest absolute Gasteiger partial charge is 0.496 e. The first-order valence-corrected chi connectivity index (χ1v) is 8.38. The molecule has 0 aliphatic heterocycles. The van der Waals surface area contributed by atoms with Crippen LogP contribution < -0.4 is 4.74 Å². The van der Waals surface area contributed by atoms with Crippen molar-refractivity contribution in [1.29, 1.82) is 0 Å². The molecule has 0 N–H and O–H groups in total. The molecule has 6 nitrogen and oxygen atoms in total. The molecule has 0 fully saturated rings. The van der Waals surface area contributed by atoms with Crippen molar-refractivity contribution in [3.63, 3.8) is 0 Å². The number of carbonyl (C=O) groups is 1. The molecule has 1 aromatic heterocycles. The van der Waals surface area contributed by atoms with E-state index in [1.54, 1.807) is 23.7 Å². The number of rotatable bonds is 5. The molecular weight excluding hydrogens is 328 g/mol. The molecule has 3 aromatic rings. The maximum Gasteiger partial charge on any atom is 0.276 e. The average molecular weight is 350 g/mol. The van der Waals surface area contributed by atoms with Crippen molar-refractivity contribution in [2.24, 2.45) is 0 Å². The van der Waals surface area contributed by atoms with Crippen LogP contribution in [0.1, 0.15) is 27.3 Å². The van der Waals surface area contributed by atoms with Crippen LogP contribution >= 0.6 is 0 Å². The molecule has 0 bridgehead atoms. The Morgan fingerprint density at radius 1 is 1.12 bits per heavy atom. The van der Waals surface area contributed by atoms with Crippen LogP contribution in [0.3, 0.4) is 0 Å². The lowest BCUT2D eigenvalue weighted by atomic mass is 10.2. The highest BCUT2D eigenvalue weighted by atomic mass is 16.5. The maximum absolute atomic E-state index is 12.8. The van der Waals surface area contributed by atoms with Crippen LogP contribution in [0.15, 0.2) is 48.5 Å². The molecule has 0 spiro atoms. The van der Waals surface area contributed by atoms with Crippen LogP contribution in [0.25, 0.3) is 5.69 Å². The van der Waals surface area contributed by atoms with Crippen molar-refractivity contribution in [3.05, 3.63) is 71.0 Å². The van der Waals surface area contributed by atoms with Gasteiger partial charge in [0.15, 0.2) is 5.69 Å². The average Bonchev–Trinajstić information content (AvgIpc) is 3.03. The van der Waals surface area contributed by atoms with E-state index in [-0.39, 0.29) is 5.91 Å². The fourth-order valence-electron chi connectivity index (χ4n) is 2.80. The third-order valence-electron chi connectivity index (χ3n) is 4.32. The van der Waals surface area contributed by atoms with E-state index in [9.17, 15) is 4.79 Å². The van der Waals surface area contributed by atoms with Crippen LogP contribution in [0.5, 0.6) is 5.75 Å². The number of carbonyl (C=O) groups excluding carboxylic acids is 1. The summed E-state index contributed by atoms with van der Waals surface area (Å²) in [5.41, 5.74) is 4.05. The zero-order valence-corrected chi connectivity index (χ0v) is 15.4. The third-order valence-corrected chi connectivity index (χ3v) is 4.32. The van der Waals surface area contributed by atoms with Gasteiger partial charge in [0.2, 0.25) is 0 Å². The normalized spacial score (nSPS) is 10.6. The van der Waals surface area contributed by atoms with E-state index >= 15 is 0 Å². The minimum atomic E-state index is -0.174. The Kier molecular flexibility index (Phi) is 5.02. The lowest BCUT2D eigenvalue weighted by Crippen LogP contribution is -2.27. The van der Waals surface area contributed by atoms with Crippen molar-refractivity contribution >= 4 is 5.91 Å². The Balaban J connectivity index is 1.83. The number of hydrogen-bond donors (Lipinski definition) is 0. The van der Waals surface area contributed by atoms with E-state index in [1.807, 2.05) is 62.4 Å². The predicted octanol–water partition coefficient (Wildman–Crippen LogP) is 3.16. The minimum absolute atomic E-state index is 0.174. The van der Waals surface area contributed by atoms with E-state index in [2.05, 4.69) is 10.3 Å². The first kappa shape index (κ1) is 17.7. The van der Waals surface area contributed by atoms with Gasteiger partial charge < -0.3 is 9.64 Å². The number of aryl methyl sites for hydroxylation is 1. The number of amides is 1. The molecule has 0 atom stereocenters. The number of nitrogens with zero attached hydrogens (tertiary/aromatic N) is 4. The van der Waals surface area contributed by atoms with E-state index in [0.717, 1.165) is 17.0 Å². The van der Waals surface area contributed by atoms with Gasteiger partial charge in [0.1, 0.15) is 5.75 Å². The number of ether oxygens (including phenoxy) is 1. The second-order valence-corrected chi connectivity index (χ2v) is 6.24. The molecule has 26 heavy (non-hydrogen) atoms. The van der Waals surface area contributed by atoms with Gasteiger partial charge in [-0.2, -0.15) is 0 Å². The highest BCUT2D eigenvalue weighted by Crippen LogP contribution is 2.20. The summed E-state index contributed by atoms with van der Waals surface area (Å²) >= 11 is 0. The fourth-order valence-corrected chi connectivity index (χ4v) is 2.80. The molecule has 6 heteroatoms. The predicted molar refractivity (Wildman–Crippen MR) is 99.6 cm³/mol. The molecule has 0 aliphatic carbocycles. The number of aromatic nitrogens is 3. The van der Waals surface area contributed by atoms with Gasteiger partial charge in [0, 0.05) is 19.2 Å². The van der Waals surface area contributed by atoms with E-state index < -0.39 is 0 Å². The summed E-state index contributed by atoms with van der Waals surface area (Å²) in [6.07, 6.45) is 0. The van der Waals surface area contributed by atoms with Crippen molar-refractivity contribution in [3.8, 4) is 11.4 Å². The second-order valence-electron chi connectivity index (χ2n) is 6.24. The van der Waals surface area contributed by atoms with Gasteiger partial charge >= 0.3 is 0 Å². The summed E-state index contributed by atoms with van der Waals surface area (Å²) in [6.45, 7) is 4.31. The smallest absolute Gasteiger partial charge is 0.276 e. The summed E-state index contributed by atoms with van der Waals surface area (Å²) in [5.74, 6) is 0.582. The van der Waals surface area contributed by atoms with Crippen LogP contribution in [0, 0.1) is 13.8 Å². The Hall–Kier alpha value is -3.15. The highest BCUT2D eigenvalue weighted by Gasteiger charge is 2.21. The Bertz CT molecular complexity index is 916. The zero-order chi connectivity index (χ0) is 18.7. The molecule has 0 radical (unpaired) electrons. The molecule has 0 unspecified atom stereocenters. The zero-order valence-electron chi connectivity index (χ0n) is 15.4. The molecule has 0 saturated heterocycles. The van der Waals surface area contributed by atoms with E-state index in [1.165, 1.54) is 5.56 Å². The molecule has 2 aromatic carbocycles. The maximum atomic E-state index is 12.8. The standard InChI is InChI=1S/C20H22N4O2/c1-14-9-11-17(12-10-14)24-15(2)19(21-22-24)20(25)23(3)13-16-7-5-6-8-18(16)26-4/h5-12H,13H2,1-4H3. The highest BCUT2D eigenvalue weighted by molar-refractivity contribution is 5.93. The quantitative estimate of drug-likeness (QED) is 0.709. The molecule has 134 valence electrons. The van der Waals surface area contributed by atoms with Gasteiger partial charge in [-0.25, -0.2) is 4.68 Å². The second kappa shape index (κ2) is 7.39. The number of methoxy groups -OCH3 is 1. The number of para-hydroxylation sites is 1. The van der Waals surface area contributed by atoms with Crippen LogP contribution in [0.2, 0.25) is 0 Å². The van der Waals surface area contributed by atoms with Crippen molar-refractivity contribution < 1.29 is 9.53 Å². The van der Waals surface area contributed by atoms with Crippen molar-refractivity contribution in [2.75, 3.05) is 14.2 Å². The minimum Gasteiger partial charge on any atom is -0.496 e. The Labute approximate surface area is 153 Å². The molecule has 1 heterocycles. The van der Waals surface area contributed by atoms with Gasteiger partial charge in [0.25, 0.3) is 5.91 Å². The van der Waals surface area contributed by atoms with E-state index in [0.29, 0.717) is 17.9 Å². The topological polar surface area (TPSA) is 60.2 Å². The van der Waals surface area contributed by atoms with Crippen molar-refractivity contribution in [1.82, 2.24) is 19.9 Å². The fraction of sp³-hybridized carbons (Fsp3) is 0.250. The Morgan fingerprint density at radius 3 is 2.50 bits per heavy atom. The molecular formula is C20H22N4O2. The summed E-state index contributed by atoms with van der Waals surface area (Å²) < 4.78 is 7.04. The van der Waals surface area contributed by atoms with Crippen LogP contribution in [-0.2, 0) is 6.54 Å². The van der Waals surface area contributed by atoms with Gasteiger partial charge in [-0.3, -0.25) is 4.79 Å². The molecule has 0 aliphatic rings. The lowest BCUT2D eigenvalue weighted by molar-refractivity contribution is 0.0777.